The predicted molar refractivity (Wildman–Crippen MR) is 392 cm³/mol. The van der Waals surface area contributed by atoms with Crippen LogP contribution in [0.3, 0.4) is 0 Å². The van der Waals surface area contributed by atoms with E-state index in [-0.39, 0.29) is 82.2 Å². The van der Waals surface area contributed by atoms with Crippen LogP contribution in [0, 0.1) is 5.41 Å². The highest BCUT2D eigenvalue weighted by atomic mass is 16.6. The second-order valence-electron chi connectivity index (χ2n) is 27.2. The minimum atomic E-state index is -1.68. The molecule has 1 aliphatic carbocycles. The van der Waals surface area contributed by atoms with Crippen molar-refractivity contribution in [1.29, 1.82) is 0 Å². The number of piperazine rings is 1. The molecule has 1 saturated heterocycles. The number of ketones is 1. The Hall–Kier alpha value is -11.8. The van der Waals surface area contributed by atoms with Crippen LogP contribution in [0.15, 0.2) is 188 Å². The van der Waals surface area contributed by atoms with Gasteiger partial charge in [-0.15, -0.1) is 0 Å². The van der Waals surface area contributed by atoms with E-state index in [0.29, 0.717) is 28.2 Å². The number of benzene rings is 7. The summed E-state index contributed by atoms with van der Waals surface area (Å²) in [6.07, 6.45) is 1.06. The molecule has 5 atom stereocenters. The smallest absolute Gasteiger partial charge is 0.409 e. The van der Waals surface area contributed by atoms with E-state index in [1.807, 2.05) is 60.7 Å². The van der Waals surface area contributed by atoms with Crippen molar-refractivity contribution >= 4 is 59.3 Å². The van der Waals surface area contributed by atoms with Crippen LogP contribution in [0.4, 0.5) is 4.79 Å². The molecule has 0 spiro atoms. The first-order valence-electron chi connectivity index (χ1n) is 35.1. The summed E-state index contributed by atoms with van der Waals surface area (Å²) in [7, 11) is 7.34. The number of aryl methyl sites for hydroxylation is 1. The molecule has 7 aromatic rings. The third kappa shape index (κ3) is 19.5. The molecule has 0 saturated carbocycles. The summed E-state index contributed by atoms with van der Waals surface area (Å²) in [4.78, 5) is 152. The molecule has 3 aliphatic rings. The third-order valence-electron chi connectivity index (χ3n) is 19.2. The number of phenols is 1. The third-order valence-corrected chi connectivity index (χ3v) is 19.2. The second kappa shape index (κ2) is 35.6. The Labute approximate surface area is 616 Å². The lowest BCUT2D eigenvalue weighted by molar-refractivity contribution is -0.166. The average molecular weight is 1440 g/mol. The number of Topliss-reactive ketones (excluding diaryl/α,β-unsaturated/α-hetero) is 1. The van der Waals surface area contributed by atoms with E-state index >= 15 is 9.59 Å². The monoisotopic (exact) mass is 1440 g/mol. The van der Waals surface area contributed by atoms with Gasteiger partial charge in [-0.1, -0.05) is 146 Å². The predicted octanol–water partition coefficient (Wildman–Crippen LogP) is 8.01. The second-order valence-corrected chi connectivity index (χ2v) is 27.2. The maximum absolute atomic E-state index is 15.4. The van der Waals surface area contributed by atoms with Gasteiger partial charge in [-0.3, -0.25) is 33.6 Å². The van der Waals surface area contributed by atoms with Crippen molar-refractivity contribution in [2.45, 2.75) is 88.6 Å². The standard InChI is InChI=1S/C82H89N7O17/c1-82(2)52-105-74(93)31-18-19-40-85(3)77(96)65(43-53-21-10-8-11-22-53)83-72(91)49-86(4)78(97)66(44-54-23-12-9-13-24-54)84-76(95)67(45-55-32-36-58(90)37-33-55)87(5)73(92)51-103-59-26-20-25-57(47-59)69(38-34-56-35-39-70(101-6)71(46-56)102-7)106-80(99)68-48-88(41-42-89(68)79(98)75(82)94)81(100)104-50-64-62-29-16-14-27-60(62)61-28-15-17-30-63(61)64/h8-18,20-33,35-37,39,46-47,64-69,90H,19,34,38,40-45,48-52H2,1-7H3,(H,83,91)(H,84,95)/b31-18+/t65-,66-,67+,68+,69-/m1/s1. The van der Waals surface area contributed by atoms with Crippen molar-refractivity contribution < 1.29 is 81.5 Å². The van der Waals surface area contributed by atoms with E-state index in [1.165, 1.54) is 82.1 Å². The van der Waals surface area contributed by atoms with Crippen LogP contribution in [-0.4, -0.2) is 201 Å². The van der Waals surface area contributed by atoms with Gasteiger partial charge in [0.25, 0.3) is 11.8 Å². The number of fused-ring (bicyclic) bond motifs is 6. The summed E-state index contributed by atoms with van der Waals surface area (Å²) in [5.74, 6) is -6.57. The van der Waals surface area contributed by atoms with Gasteiger partial charge in [-0.2, -0.15) is 0 Å². The van der Waals surface area contributed by atoms with E-state index in [1.54, 1.807) is 103 Å². The van der Waals surface area contributed by atoms with Crippen LogP contribution in [0.25, 0.3) is 11.1 Å². The molecule has 0 unspecified atom stereocenters. The first kappa shape index (κ1) is 76.8. The molecular weight excluding hydrogens is 1350 g/mol. The number of phenolic OH excluding ortho intramolecular Hbond substituents is 1. The summed E-state index contributed by atoms with van der Waals surface area (Å²) < 4.78 is 35.5. The van der Waals surface area contributed by atoms with Crippen molar-refractivity contribution in [2.24, 2.45) is 5.41 Å². The number of amides is 7. The zero-order valence-corrected chi connectivity index (χ0v) is 60.5. The van der Waals surface area contributed by atoms with Crippen molar-refractivity contribution in [3.8, 4) is 34.1 Å². The number of nitrogens with zero attached hydrogens (tertiary/aromatic N) is 5. The maximum atomic E-state index is 15.4. The number of methoxy groups -OCH3 is 2. The summed E-state index contributed by atoms with van der Waals surface area (Å²) >= 11 is 0. The highest BCUT2D eigenvalue weighted by molar-refractivity contribution is 6.38. The molecule has 2 heterocycles. The van der Waals surface area contributed by atoms with Gasteiger partial charge in [0, 0.05) is 72.0 Å². The number of aromatic hydroxyl groups is 1. The van der Waals surface area contributed by atoms with Crippen molar-refractivity contribution in [1.82, 2.24) is 35.1 Å². The Morgan fingerprint density at radius 2 is 1.23 bits per heavy atom. The lowest BCUT2D eigenvalue weighted by Crippen LogP contribution is -2.62. The van der Waals surface area contributed by atoms with E-state index in [9.17, 15) is 43.5 Å². The number of carbonyl (C=O) groups is 10. The molecule has 2 aliphatic heterocycles. The van der Waals surface area contributed by atoms with Gasteiger partial charge < -0.3 is 68.7 Å². The number of hydrogen-bond donors (Lipinski definition) is 3. The zero-order chi connectivity index (χ0) is 75.6. The van der Waals surface area contributed by atoms with Crippen LogP contribution in [0.2, 0.25) is 0 Å². The molecule has 0 aromatic heterocycles. The van der Waals surface area contributed by atoms with Gasteiger partial charge in [0.1, 0.15) is 55.0 Å². The molecule has 0 radical (unpaired) electrons. The minimum Gasteiger partial charge on any atom is -0.508 e. The number of cyclic esters (lactones) is 2. The summed E-state index contributed by atoms with van der Waals surface area (Å²) in [6.45, 7) is 0.131. The fourth-order valence-corrected chi connectivity index (χ4v) is 13.2. The molecule has 3 N–H and O–H groups in total. The SMILES string of the molecule is COc1ccc(CC[C@H]2OC(=O)[C@@H]3CN(C(=O)OCC4c5ccccc5-c5ccccc54)CCN3C(=O)C(=O)C(C)(C)COC(=O)/C=C/CCN(C)C(=O)[C@@H](Cc3ccccc3)NC(=O)CN(C)C(=O)[C@@H](Cc3ccccc3)NC(=O)[C@H](Cc3ccc(O)cc3)N(C)C(=O)COc3cccc2c3)cc1OC. The highest BCUT2D eigenvalue weighted by Crippen LogP contribution is 2.45. The topological polar surface area (TPSA) is 287 Å². The van der Waals surface area contributed by atoms with E-state index in [0.717, 1.165) is 49.3 Å². The van der Waals surface area contributed by atoms with Crippen LogP contribution in [0.5, 0.6) is 23.0 Å². The Morgan fingerprint density at radius 1 is 0.623 bits per heavy atom. The fraction of sp³-hybridized carbons (Fsp3) is 0.341. The maximum Gasteiger partial charge on any atom is 0.409 e. The van der Waals surface area contributed by atoms with Gasteiger partial charge in [0.15, 0.2) is 18.1 Å². The van der Waals surface area contributed by atoms with E-state index < -0.39 is 121 Å². The highest BCUT2D eigenvalue weighted by Gasteiger charge is 2.46. The van der Waals surface area contributed by atoms with Crippen LogP contribution >= 0.6 is 0 Å². The van der Waals surface area contributed by atoms with Gasteiger partial charge in [0.05, 0.1) is 32.7 Å². The normalized spacial score (nSPS) is 20.3. The minimum absolute atomic E-state index is 0.0362. The zero-order valence-electron chi connectivity index (χ0n) is 60.5. The van der Waals surface area contributed by atoms with Crippen LogP contribution < -0.4 is 24.8 Å². The number of likely N-dealkylation sites (N-methyl/N-ethyl adjacent to an activating group) is 3. The number of esters is 2. The molecule has 24 nitrogen and oxygen atoms in total. The molecule has 554 valence electrons. The van der Waals surface area contributed by atoms with Crippen molar-refractivity contribution in [3.63, 3.8) is 0 Å². The Kier molecular flexibility index (Phi) is 25.8. The number of rotatable bonds is 13. The van der Waals surface area contributed by atoms with Gasteiger partial charge in [0.2, 0.25) is 29.4 Å². The lowest BCUT2D eigenvalue weighted by atomic mass is 9.87. The van der Waals surface area contributed by atoms with Gasteiger partial charge in [-0.25, -0.2) is 14.4 Å². The Morgan fingerprint density at radius 3 is 1.88 bits per heavy atom. The quantitative estimate of drug-likeness (QED) is 0.0560. The first-order chi connectivity index (χ1) is 51.0. The summed E-state index contributed by atoms with van der Waals surface area (Å²) in [6, 6.07) is 46.0. The summed E-state index contributed by atoms with van der Waals surface area (Å²) in [5, 5.41) is 16.0. The van der Waals surface area contributed by atoms with Crippen LogP contribution in [0.1, 0.15) is 77.7 Å². The fourth-order valence-electron chi connectivity index (χ4n) is 13.2. The van der Waals surface area contributed by atoms with Gasteiger partial charge >= 0.3 is 18.0 Å². The molecular formula is C82H89N7O17. The van der Waals surface area contributed by atoms with E-state index in [2.05, 4.69) is 10.6 Å². The molecule has 10 rings (SSSR count). The van der Waals surface area contributed by atoms with E-state index in [4.69, 9.17) is 28.4 Å². The lowest BCUT2D eigenvalue weighted by Gasteiger charge is -2.40. The molecule has 7 amide bonds. The molecule has 1 fully saturated rings. The average Bonchev–Trinajstić information content (AvgIpc) is 1.61. The molecule has 7 aromatic carbocycles. The molecule has 24 heteroatoms. The Balaban J connectivity index is 0.973. The van der Waals surface area contributed by atoms with Crippen LogP contribution in [-0.2, 0) is 83.0 Å². The first-order valence-corrected chi connectivity index (χ1v) is 35.1. The molecule has 2 bridgehead atoms. The Bertz CT molecular complexity index is 4310. The van der Waals surface area contributed by atoms with Crippen molar-refractivity contribution in [2.75, 3.05) is 87.9 Å². The van der Waals surface area contributed by atoms with Gasteiger partial charge in [-0.05, 0) is 120 Å². The largest absolute Gasteiger partial charge is 0.508 e. The number of carbonyl (C=O) groups excluding carboxylic acids is 10. The number of ether oxygens (including phenoxy) is 6. The summed E-state index contributed by atoms with van der Waals surface area (Å²) in [5.41, 5.74) is 5.33. The molecule has 106 heavy (non-hydrogen) atoms. The van der Waals surface area contributed by atoms with Crippen molar-refractivity contribution in [3.05, 3.63) is 227 Å². The number of hydrogen-bond acceptors (Lipinski definition) is 17. The number of nitrogens with one attached hydrogen (secondary N) is 2.